The van der Waals surface area contributed by atoms with E-state index < -0.39 is 0 Å². The Morgan fingerprint density at radius 3 is 2.41 bits per heavy atom. The van der Waals surface area contributed by atoms with Crippen molar-refractivity contribution in [3.63, 3.8) is 0 Å². The molecule has 2 amide bonds. The molecule has 0 unspecified atom stereocenters. The van der Waals surface area contributed by atoms with Gasteiger partial charge in [-0.05, 0) is 24.3 Å². The van der Waals surface area contributed by atoms with Crippen molar-refractivity contribution in [1.82, 2.24) is 5.32 Å². The van der Waals surface area contributed by atoms with E-state index in [9.17, 15) is 9.59 Å². The third-order valence-electron chi connectivity index (χ3n) is 2.15. The van der Waals surface area contributed by atoms with Crippen LogP contribution in [0.1, 0.15) is 23.7 Å². The van der Waals surface area contributed by atoms with Crippen LogP contribution >= 0.6 is 0 Å². The summed E-state index contributed by atoms with van der Waals surface area (Å²) >= 11 is 0. The Labute approximate surface area is 99.8 Å². The first kappa shape index (κ1) is 13.2. The van der Waals surface area contributed by atoms with Crippen molar-refractivity contribution in [2.24, 2.45) is 0 Å². The second kappa shape index (κ2) is 6.65. The van der Waals surface area contributed by atoms with Gasteiger partial charge in [0.1, 0.15) is 0 Å². The summed E-state index contributed by atoms with van der Waals surface area (Å²) in [7, 11) is 0. The zero-order chi connectivity index (χ0) is 12.7. The summed E-state index contributed by atoms with van der Waals surface area (Å²) in [6.07, 6.45) is 0.415. The van der Waals surface area contributed by atoms with Crippen molar-refractivity contribution < 1.29 is 14.7 Å². The molecule has 3 N–H and O–H groups in total. The molecule has 0 aliphatic carbocycles. The summed E-state index contributed by atoms with van der Waals surface area (Å²) in [6.45, 7) is 1.91. The maximum atomic E-state index is 11.5. The third kappa shape index (κ3) is 4.24. The van der Waals surface area contributed by atoms with Crippen molar-refractivity contribution in [1.29, 1.82) is 0 Å². The molecule has 0 spiro atoms. The van der Waals surface area contributed by atoms with Gasteiger partial charge in [-0.1, -0.05) is 6.92 Å². The van der Waals surface area contributed by atoms with Crippen LogP contribution in [-0.4, -0.2) is 30.1 Å². The summed E-state index contributed by atoms with van der Waals surface area (Å²) in [5.41, 5.74) is 1.16. The van der Waals surface area contributed by atoms with Crippen LogP contribution in [0, 0.1) is 0 Å². The fourth-order valence-electron chi connectivity index (χ4n) is 1.23. The minimum atomic E-state index is -0.243. The van der Waals surface area contributed by atoms with E-state index in [4.69, 9.17) is 5.11 Å². The quantitative estimate of drug-likeness (QED) is 0.706. The van der Waals surface area contributed by atoms with E-state index in [0.29, 0.717) is 17.7 Å². The number of benzene rings is 1. The highest BCUT2D eigenvalue weighted by molar-refractivity contribution is 5.95. The number of carbonyl (C=O) groups excluding carboxylic acids is 2. The van der Waals surface area contributed by atoms with Gasteiger partial charge in [0.15, 0.2) is 0 Å². The monoisotopic (exact) mass is 236 g/mol. The number of aliphatic hydroxyl groups is 1. The highest BCUT2D eigenvalue weighted by Gasteiger charge is 2.04. The van der Waals surface area contributed by atoms with Gasteiger partial charge in [-0.3, -0.25) is 9.59 Å². The molecule has 1 aromatic carbocycles. The summed E-state index contributed by atoms with van der Waals surface area (Å²) < 4.78 is 0. The highest BCUT2D eigenvalue weighted by Crippen LogP contribution is 2.09. The van der Waals surface area contributed by atoms with E-state index in [2.05, 4.69) is 10.6 Å². The SMILES string of the molecule is CCC(=O)Nc1ccc(C(=O)NCCO)cc1. The van der Waals surface area contributed by atoms with Gasteiger partial charge in [0.25, 0.3) is 5.91 Å². The van der Waals surface area contributed by atoms with Gasteiger partial charge < -0.3 is 15.7 Å². The van der Waals surface area contributed by atoms with Gasteiger partial charge in [-0.2, -0.15) is 0 Å². The van der Waals surface area contributed by atoms with Gasteiger partial charge in [0, 0.05) is 24.2 Å². The van der Waals surface area contributed by atoms with Gasteiger partial charge in [-0.15, -0.1) is 0 Å². The minimum absolute atomic E-state index is 0.0671. The average molecular weight is 236 g/mol. The van der Waals surface area contributed by atoms with E-state index in [1.165, 1.54) is 0 Å². The number of hydrogen-bond donors (Lipinski definition) is 3. The van der Waals surface area contributed by atoms with Crippen molar-refractivity contribution >= 4 is 17.5 Å². The van der Waals surface area contributed by atoms with Crippen molar-refractivity contribution in [2.75, 3.05) is 18.5 Å². The molecule has 0 atom stereocenters. The number of aliphatic hydroxyl groups excluding tert-OH is 1. The maximum Gasteiger partial charge on any atom is 0.251 e. The summed E-state index contributed by atoms with van der Waals surface area (Å²) in [4.78, 5) is 22.6. The van der Waals surface area contributed by atoms with Crippen LogP contribution in [-0.2, 0) is 4.79 Å². The van der Waals surface area contributed by atoms with Crippen LogP contribution in [0.2, 0.25) is 0 Å². The summed E-state index contributed by atoms with van der Waals surface area (Å²) in [6, 6.07) is 6.58. The predicted molar refractivity (Wildman–Crippen MR) is 64.8 cm³/mol. The van der Waals surface area contributed by atoms with Crippen LogP contribution < -0.4 is 10.6 Å². The second-order valence-corrected chi connectivity index (χ2v) is 3.46. The lowest BCUT2D eigenvalue weighted by Crippen LogP contribution is -2.26. The first-order valence-corrected chi connectivity index (χ1v) is 5.46. The molecule has 0 saturated carbocycles. The molecule has 0 heterocycles. The van der Waals surface area contributed by atoms with Crippen molar-refractivity contribution in [2.45, 2.75) is 13.3 Å². The molecule has 0 bridgehead atoms. The normalized spacial score (nSPS) is 9.76. The number of carbonyl (C=O) groups is 2. The lowest BCUT2D eigenvalue weighted by molar-refractivity contribution is -0.115. The van der Waals surface area contributed by atoms with E-state index >= 15 is 0 Å². The van der Waals surface area contributed by atoms with Crippen LogP contribution in [0.15, 0.2) is 24.3 Å². The molecular formula is C12H16N2O3. The zero-order valence-electron chi connectivity index (χ0n) is 9.69. The molecule has 92 valence electrons. The smallest absolute Gasteiger partial charge is 0.251 e. The largest absolute Gasteiger partial charge is 0.395 e. The Kier molecular flexibility index (Phi) is 5.16. The number of anilines is 1. The van der Waals surface area contributed by atoms with Crippen LogP contribution in [0.3, 0.4) is 0 Å². The highest BCUT2D eigenvalue weighted by atomic mass is 16.3. The molecule has 0 fully saturated rings. The lowest BCUT2D eigenvalue weighted by Gasteiger charge is -2.06. The fraction of sp³-hybridized carbons (Fsp3) is 0.333. The molecular weight excluding hydrogens is 220 g/mol. The zero-order valence-corrected chi connectivity index (χ0v) is 9.69. The third-order valence-corrected chi connectivity index (χ3v) is 2.15. The Balaban J connectivity index is 2.61. The van der Waals surface area contributed by atoms with Crippen molar-refractivity contribution in [3.05, 3.63) is 29.8 Å². The number of amides is 2. The van der Waals surface area contributed by atoms with Crippen LogP contribution in [0.5, 0.6) is 0 Å². The Morgan fingerprint density at radius 2 is 1.88 bits per heavy atom. The van der Waals surface area contributed by atoms with Crippen molar-refractivity contribution in [3.8, 4) is 0 Å². The van der Waals surface area contributed by atoms with E-state index in [0.717, 1.165) is 0 Å². The molecule has 1 rings (SSSR count). The molecule has 17 heavy (non-hydrogen) atoms. The van der Waals surface area contributed by atoms with E-state index in [1.807, 2.05) is 0 Å². The number of rotatable bonds is 5. The number of nitrogens with one attached hydrogen (secondary N) is 2. The van der Waals surface area contributed by atoms with Gasteiger partial charge in [-0.25, -0.2) is 0 Å². The van der Waals surface area contributed by atoms with Gasteiger partial charge in [0.05, 0.1) is 6.61 Å². The molecule has 0 radical (unpaired) electrons. The van der Waals surface area contributed by atoms with E-state index in [1.54, 1.807) is 31.2 Å². The molecule has 0 aliphatic rings. The first-order valence-electron chi connectivity index (χ1n) is 5.46. The fourth-order valence-corrected chi connectivity index (χ4v) is 1.23. The average Bonchev–Trinajstić information content (AvgIpc) is 2.36. The summed E-state index contributed by atoms with van der Waals surface area (Å²) in [5, 5.41) is 13.8. The molecule has 5 heteroatoms. The molecule has 5 nitrogen and oxygen atoms in total. The molecule has 0 aliphatic heterocycles. The van der Waals surface area contributed by atoms with Gasteiger partial charge >= 0.3 is 0 Å². The first-order chi connectivity index (χ1) is 8.17. The Bertz CT molecular complexity index is 387. The second-order valence-electron chi connectivity index (χ2n) is 3.46. The number of hydrogen-bond acceptors (Lipinski definition) is 3. The Morgan fingerprint density at radius 1 is 1.24 bits per heavy atom. The predicted octanol–water partition coefficient (Wildman–Crippen LogP) is 0.757. The molecule has 0 aromatic heterocycles. The summed E-state index contributed by atoms with van der Waals surface area (Å²) in [5.74, 6) is -0.310. The minimum Gasteiger partial charge on any atom is -0.395 e. The van der Waals surface area contributed by atoms with Crippen LogP contribution in [0.4, 0.5) is 5.69 Å². The maximum absolute atomic E-state index is 11.5. The van der Waals surface area contributed by atoms with E-state index in [-0.39, 0.29) is 25.0 Å². The Hall–Kier alpha value is -1.88. The topological polar surface area (TPSA) is 78.4 Å². The molecule has 0 saturated heterocycles. The van der Waals surface area contributed by atoms with Gasteiger partial charge in [0.2, 0.25) is 5.91 Å². The molecule has 1 aromatic rings. The standard InChI is InChI=1S/C12H16N2O3/c1-2-11(16)14-10-5-3-9(4-6-10)12(17)13-7-8-15/h3-6,15H,2,7-8H2,1H3,(H,13,17)(H,14,16). The van der Waals surface area contributed by atoms with Crippen LogP contribution in [0.25, 0.3) is 0 Å². The lowest BCUT2D eigenvalue weighted by atomic mass is 10.2.